The molecule has 0 saturated heterocycles. The Hall–Kier alpha value is -3.91. The van der Waals surface area contributed by atoms with Crippen LogP contribution in [0.4, 0.5) is 0 Å². The van der Waals surface area contributed by atoms with E-state index < -0.39 is 60.4 Å². The zero-order valence-electron chi connectivity index (χ0n) is 24.5. The van der Waals surface area contributed by atoms with Gasteiger partial charge in [0.05, 0.1) is 27.2 Å². The van der Waals surface area contributed by atoms with Gasteiger partial charge in [0.2, 0.25) is 0 Å². The number of unbranched alkanes of at least 4 members (excludes halogenated alkanes) is 1. The number of carbonyl (C=O) groups excluding carboxylic acids is 2. The molecule has 0 bridgehead atoms. The van der Waals surface area contributed by atoms with Crippen molar-refractivity contribution < 1.29 is 36.3 Å². The van der Waals surface area contributed by atoms with E-state index in [4.69, 9.17) is 11.5 Å². The van der Waals surface area contributed by atoms with Crippen LogP contribution in [0.3, 0.4) is 0 Å². The van der Waals surface area contributed by atoms with E-state index in [1.807, 2.05) is 0 Å². The highest BCUT2D eigenvalue weighted by molar-refractivity contribution is 7.92. The third-order valence-corrected chi connectivity index (χ3v) is 10.8. The molecule has 13 heteroatoms. The molecule has 0 spiro atoms. The predicted molar refractivity (Wildman–Crippen MR) is 166 cm³/mol. The number of aliphatic carboxylic acids is 1. The van der Waals surface area contributed by atoms with Crippen LogP contribution in [0.25, 0.3) is 0 Å². The second-order valence-corrected chi connectivity index (χ2v) is 14.9. The van der Waals surface area contributed by atoms with Gasteiger partial charge in [-0.3, -0.25) is 15.3 Å². The second-order valence-electron chi connectivity index (χ2n) is 10.8. The molecule has 3 aromatic carbocycles. The van der Waals surface area contributed by atoms with Crippen molar-refractivity contribution in [3.05, 3.63) is 95.1 Å². The van der Waals surface area contributed by atoms with Crippen molar-refractivity contribution in [3.63, 3.8) is 0 Å². The Labute approximate surface area is 257 Å². The molecule has 3 rings (SSSR count). The van der Waals surface area contributed by atoms with E-state index in [1.54, 1.807) is 38.1 Å². The second kappa shape index (κ2) is 14.2. The lowest BCUT2D eigenvalue weighted by Gasteiger charge is -2.26. The number of nitrogens with one attached hydrogen (secondary N) is 1. The van der Waals surface area contributed by atoms with Crippen LogP contribution in [0.5, 0.6) is 0 Å². The molecule has 0 saturated carbocycles. The molecule has 3 aromatic rings. The Bertz CT molecular complexity index is 1630. The molecule has 0 heterocycles. The topological polar surface area (TPSA) is 204 Å². The molecule has 1 amide bonds. The Morgan fingerprint density at radius 1 is 0.750 bits per heavy atom. The third-order valence-electron chi connectivity index (χ3n) is 7.15. The molecule has 0 fully saturated rings. The average molecular weight is 644 g/mol. The Balaban J connectivity index is 1.91. The van der Waals surface area contributed by atoms with Crippen LogP contribution in [-0.4, -0.2) is 63.3 Å². The highest BCUT2D eigenvalue weighted by atomic mass is 32.2. The van der Waals surface area contributed by atoms with E-state index in [1.165, 1.54) is 48.5 Å². The maximum absolute atomic E-state index is 13.7. The summed E-state index contributed by atoms with van der Waals surface area (Å²) in [5.41, 5.74) is 11.0. The monoisotopic (exact) mass is 643 g/mol. The number of benzene rings is 3. The van der Waals surface area contributed by atoms with E-state index in [2.05, 4.69) is 5.32 Å². The number of amides is 1. The van der Waals surface area contributed by atoms with E-state index in [0.29, 0.717) is 19.4 Å². The fourth-order valence-electron chi connectivity index (χ4n) is 4.48. The number of nitrogens with two attached hydrogens (primary N) is 2. The summed E-state index contributed by atoms with van der Waals surface area (Å²) in [6.07, 6.45) is 0.819. The first-order valence-corrected chi connectivity index (χ1v) is 17.2. The van der Waals surface area contributed by atoms with Crippen LogP contribution >= 0.6 is 0 Å². The quantitative estimate of drug-likeness (QED) is 0.108. The summed E-state index contributed by atoms with van der Waals surface area (Å²) in [5, 5.41) is 11.9. The highest BCUT2D eigenvalue weighted by Crippen LogP contribution is 2.23. The number of carboxylic acids is 1. The lowest BCUT2D eigenvalue weighted by atomic mass is 9.99. The minimum Gasteiger partial charge on any atom is -0.478 e. The molecule has 44 heavy (non-hydrogen) atoms. The predicted octanol–water partition coefficient (Wildman–Crippen LogP) is 2.65. The molecule has 11 nitrogen and oxygen atoms in total. The molecule has 6 N–H and O–H groups in total. The first-order valence-electron chi connectivity index (χ1n) is 13.9. The Morgan fingerprint density at radius 3 is 1.59 bits per heavy atom. The summed E-state index contributed by atoms with van der Waals surface area (Å²) >= 11 is 0. The minimum atomic E-state index is -4.08. The van der Waals surface area contributed by atoms with Gasteiger partial charge in [-0.1, -0.05) is 47.5 Å². The van der Waals surface area contributed by atoms with Crippen LogP contribution in [0.15, 0.2) is 82.6 Å². The van der Waals surface area contributed by atoms with Gasteiger partial charge in [0.25, 0.3) is 5.91 Å². The van der Waals surface area contributed by atoms with E-state index in [-0.39, 0.29) is 27.3 Å². The van der Waals surface area contributed by atoms with Gasteiger partial charge in [-0.25, -0.2) is 21.6 Å². The van der Waals surface area contributed by atoms with E-state index in [0.717, 1.165) is 11.1 Å². The van der Waals surface area contributed by atoms with Crippen molar-refractivity contribution in [1.82, 2.24) is 5.32 Å². The van der Waals surface area contributed by atoms with Crippen molar-refractivity contribution in [2.75, 3.05) is 18.1 Å². The maximum Gasteiger partial charge on any atom is 0.344 e. The first kappa shape index (κ1) is 34.6. The van der Waals surface area contributed by atoms with Gasteiger partial charge in [-0.05, 0) is 76.1 Å². The van der Waals surface area contributed by atoms with Crippen molar-refractivity contribution in [2.45, 2.75) is 48.6 Å². The Kier molecular flexibility index (Phi) is 11.2. The fraction of sp³-hybridized carbons (Fsp3) is 0.323. The number of hydrogen-bond acceptors (Lipinski definition) is 9. The van der Waals surface area contributed by atoms with Crippen molar-refractivity contribution in [2.24, 2.45) is 17.4 Å². The molecule has 0 aliphatic heterocycles. The summed E-state index contributed by atoms with van der Waals surface area (Å²) in [6.45, 7) is 3.91. The number of sulfone groups is 2. The van der Waals surface area contributed by atoms with Crippen LogP contribution in [-0.2, 0) is 24.5 Å². The highest BCUT2D eigenvalue weighted by Gasteiger charge is 2.36. The zero-order valence-corrected chi connectivity index (χ0v) is 26.2. The molecule has 0 aromatic heterocycles. The van der Waals surface area contributed by atoms with Gasteiger partial charge in [0.1, 0.15) is 0 Å². The summed E-state index contributed by atoms with van der Waals surface area (Å²) in [6, 6.07) is 17.1. The van der Waals surface area contributed by atoms with Crippen molar-refractivity contribution >= 4 is 37.3 Å². The number of rotatable bonds is 15. The molecule has 0 aliphatic carbocycles. The van der Waals surface area contributed by atoms with Crippen LogP contribution < -0.4 is 16.8 Å². The lowest BCUT2D eigenvalue weighted by Crippen LogP contribution is -2.61. The van der Waals surface area contributed by atoms with Gasteiger partial charge in [-0.2, -0.15) is 0 Å². The first-order chi connectivity index (χ1) is 20.6. The molecule has 1 atom stereocenters. The summed E-state index contributed by atoms with van der Waals surface area (Å²) in [4.78, 5) is 38.2. The largest absolute Gasteiger partial charge is 0.478 e. The number of carboxylic acid groups (broad SMARTS) is 1. The molecular weight excluding hydrogens is 606 g/mol. The number of ketones is 1. The summed E-state index contributed by atoms with van der Waals surface area (Å²) < 4.78 is 53.3. The lowest BCUT2D eigenvalue weighted by molar-refractivity contribution is -0.144. The minimum absolute atomic E-state index is 0.00689. The normalized spacial score (nSPS) is 13.3. The smallest absolute Gasteiger partial charge is 0.344 e. The fourth-order valence-corrected chi connectivity index (χ4v) is 7.71. The van der Waals surface area contributed by atoms with Gasteiger partial charge in [-0.15, -0.1) is 0 Å². The van der Waals surface area contributed by atoms with Gasteiger partial charge in [0.15, 0.2) is 31.1 Å². The number of carbonyl (C=O) groups is 3. The maximum atomic E-state index is 13.7. The molecule has 236 valence electrons. The van der Waals surface area contributed by atoms with Crippen molar-refractivity contribution in [3.8, 4) is 0 Å². The van der Waals surface area contributed by atoms with Crippen LogP contribution in [0.2, 0.25) is 0 Å². The number of Topliss-reactive ketones (excluding diaryl/α,β-unsaturated/α-hetero) is 1. The van der Waals surface area contributed by atoms with Gasteiger partial charge in [0, 0.05) is 11.1 Å². The summed E-state index contributed by atoms with van der Waals surface area (Å²) in [7, 11) is -8.15. The molecule has 0 unspecified atom stereocenters. The van der Waals surface area contributed by atoms with Gasteiger partial charge >= 0.3 is 5.97 Å². The number of aryl methyl sites for hydroxylation is 2. The van der Waals surface area contributed by atoms with Crippen molar-refractivity contribution in [1.29, 1.82) is 0 Å². The third kappa shape index (κ3) is 8.82. The zero-order chi connectivity index (χ0) is 32.7. The Morgan fingerprint density at radius 2 is 1.18 bits per heavy atom. The van der Waals surface area contributed by atoms with Gasteiger partial charge < -0.3 is 16.2 Å². The van der Waals surface area contributed by atoms with E-state index >= 15 is 0 Å². The molecule has 0 radical (unpaired) electrons. The SMILES string of the molecule is Cc1ccc(S(=O)(=O)CC(CS(=O)(=O)c2ccc(C)cc2)C(=O)c2ccc(C(=O)N[C@](N)(CCCCN)C(=O)O)cc2)cc1. The molecule has 0 aliphatic rings. The molecular formula is C31H37N3O8S2. The summed E-state index contributed by atoms with van der Waals surface area (Å²) in [5.74, 6) is -5.98. The van der Waals surface area contributed by atoms with Crippen LogP contribution in [0.1, 0.15) is 51.1 Å². The number of hydrogen-bond donors (Lipinski definition) is 4. The average Bonchev–Trinajstić information content (AvgIpc) is 2.96. The van der Waals surface area contributed by atoms with E-state index in [9.17, 15) is 36.3 Å². The standard InChI is InChI=1S/C31H37N3O8S2/c1-21-5-13-26(14-6-21)43(39,40)19-25(20-44(41,42)27-15-7-22(2)8-16-27)28(35)23-9-11-24(12-10-23)29(36)34-31(33,30(37)38)17-3-4-18-32/h5-16,25H,3-4,17-20,32-33H2,1-2H3,(H,34,36)(H,37,38)/t31-/m1/s1. The van der Waals surface area contributed by atoms with Crippen LogP contribution in [0, 0.1) is 19.8 Å².